The summed E-state index contributed by atoms with van der Waals surface area (Å²) in [4.78, 5) is 18.3. The normalized spacial score (nSPS) is 10.4. The molecule has 0 aliphatic heterocycles. The first-order valence-electron chi connectivity index (χ1n) is 5.10. The van der Waals surface area contributed by atoms with Crippen molar-refractivity contribution in [1.82, 2.24) is 9.97 Å². The first-order chi connectivity index (χ1) is 8.62. The number of benzene rings is 1. The molecule has 1 aromatic heterocycles. The van der Waals surface area contributed by atoms with Gasteiger partial charge < -0.3 is 19.9 Å². The van der Waals surface area contributed by atoms with Crippen molar-refractivity contribution in [3.05, 3.63) is 16.4 Å². The summed E-state index contributed by atoms with van der Waals surface area (Å²) in [6, 6.07) is 1.53. The molecule has 2 rings (SSSR count). The molecule has 0 saturated carbocycles. The molecule has 18 heavy (non-hydrogen) atoms. The van der Waals surface area contributed by atoms with Crippen LogP contribution in [0.25, 0.3) is 10.9 Å². The van der Waals surface area contributed by atoms with E-state index in [1.54, 1.807) is 0 Å². The molecular weight excluding hydrogens is 238 g/mol. The Balaban J connectivity index is 2.97. The third-order valence-electron chi connectivity index (χ3n) is 2.52. The minimum Gasteiger partial charge on any atom is -0.493 e. The summed E-state index contributed by atoms with van der Waals surface area (Å²) in [6.45, 7) is 0. The fourth-order valence-corrected chi connectivity index (χ4v) is 1.76. The molecule has 0 amide bonds. The molecule has 0 radical (unpaired) electrons. The zero-order valence-electron chi connectivity index (χ0n) is 10.2. The molecule has 96 valence electrons. The second kappa shape index (κ2) is 4.44. The number of aromatic nitrogens is 2. The van der Waals surface area contributed by atoms with E-state index in [0.29, 0.717) is 28.2 Å². The standard InChI is InChI=1S/C11H13N3O4/c1-16-6-4-5-7(9(18-3)8(6)17-2)13-11(12)14-10(5)15/h4H,1-3H3,(H3,12,13,14,15). The lowest BCUT2D eigenvalue weighted by molar-refractivity contribution is 0.327. The Hall–Kier alpha value is -2.44. The van der Waals surface area contributed by atoms with Crippen LogP contribution in [0.5, 0.6) is 17.2 Å². The van der Waals surface area contributed by atoms with Crippen LogP contribution in [-0.2, 0) is 0 Å². The van der Waals surface area contributed by atoms with E-state index in [1.807, 2.05) is 0 Å². The van der Waals surface area contributed by atoms with E-state index in [2.05, 4.69) is 9.97 Å². The molecule has 0 spiro atoms. The van der Waals surface area contributed by atoms with Gasteiger partial charge >= 0.3 is 0 Å². The average Bonchev–Trinajstić information content (AvgIpc) is 2.36. The molecule has 7 nitrogen and oxygen atoms in total. The lowest BCUT2D eigenvalue weighted by atomic mass is 10.2. The van der Waals surface area contributed by atoms with E-state index >= 15 is 0 Å². The van der Waals surface area contributed by atoms with Crippen molar-refractivity contribution in [3.8, 4) is 17.2 Å². The monoisotopic (exact) mass is 251 g/mol. The largest absolute Gasteiger partial charge is 0.493 e. The van der Waals surface area contributed by atoms with Gasteiger partial charge in [0.25, 0.3) is 5.56 Å². The third kappa shape index (κ3) is 1.69. The number of nitrogen functional groups attached to an aromatic ring is 1. The SMILES string of the molecule is COc1cc2c(=O)[nH]c(N)nc2c(OC)c1OC. The Morgan fingerprint density at radius 2 is 1.83 bits per heavy atom. The summed E-state index contributed by atoms with van der Waals surface area (Å²) in [5.74, 6) is 1.08. The van der Waals surface area contributed by atoms with Crippen LogP contribution in [0.1, 0.15) is 0 Å². The lowest BCUT2D eigenvalue weighted by Crippen LogP contribution is -2.12. The van der Waals surface area contributed by atoms with Crippen LogP contribution in [-0.4, -0.2) is 31.3 Å². The molecule has 3 N–H and O–H groups in total. The highest BCUT2D eigenvalue weighted by atomic mass is 16.5. The number of aromatic amines is 1. The summed E-state index contributed by atoms with van der Waals surface area (Å²) in [5, 5.41) is 0.318. The van der Waals surface area contributed by atoms with Gasteiger partial charge in [0.1, 0.15) is 5.52 Å². The van der Waals surface area contributed by atoms with Gasteiger partial charge in [-0.05, 0) is 6.07 Å². The number of nitrogens with zero attached hydrogens (tertiary/aromatic N) is 1. The lowest BCUT2D eigenvalue weighted by Gasteiger charge is -2.13. The number of methoxy groups -OCH3 is 3. The van der Waals surface area contributed by atoms with E-state index in [-0.39, 0.29) is 11.5 Å². The van der Waals surface area contributed by atoms with Crippen LogP contribution < -0.4 is 25.5 Å². The molecule has 0 fully saturated rings. The molecule has 7 heteroatoms. The summed E-state index contributed by atoms with van der Waals surface area (Å²) >= 11 is 0. The Morgan fingerprint density at radius 1 is 1.17 bits per heavy atom. The number of rotatable bonds is 3. The topological polar surface area (TPSA) is 99.5 Å². The smallest absolute Gasteiger partial charge is 0.260 e. The summed E-state index contributed by atoms with van der Waals surface area (Å²) in [7, 11) is 4.40. The van der Waals surface area contributed by atoms with E-state index in [4.69, 9.17) is 19.9 Å². The molecule has 1 heterocycles. The maximum Gasteiger partial charge on any atom is 0.260 e. The van der Waals surface area contributed by atoms with Crippen molar-refractivity contribution in [1.29, 1.82) is 0 Å². The van der Waals surface area contributed by atoms with Gasteiger partial charge in [-0.3, -0.25) is 9.78 Å². The highest BCUT2D eigenvalue weighted by Crippen LogP contribution is 2.41. The van der Waals surface area contributed by atoms with Crippen LogP contribution in [0.2, 0.25) is 0 Å². The number of hydrogen-bond donors (Lipinski definition) is 2. The quantitative estimate of drug-likeness (QED) is 0.825. The van der Waals surface area contributed by atoms with Crippen LogP contribution in [0.3, 0.4) is 0 Å². The van der Waals surface area contributed by atoms with Gasteiger partial charge in [0.2, 0.25) is 11.7 Å². The molecule has 0 aliphatic rings. The Labute approximate surface area is 102 Å². The summed E-state index contributed by atoms with van der Waals surface area (Å²) < 4.78 is 15.6. The van der Waals surface area contributed by atoms with Gasteiger partial charge in [-0.25, -0.2) is 4.98 Å². The maximum absolute atomic E-state index is 11.8. The van der Waals surface area contributed by atoms with Gasteiger partial charge in [0.05, 0.1) is 26.7 Å². The fourth-order valence-electron chi connectivity index (χ4n) is 1.76. The molecular formula is C11H13N3O4. The average molecular weight is 251 g/mol. The van der Waals surface area contributed by atoms with E-state index < -0.39 is 0 Å². The van der Waals surface area contributed by atoms with Crippen LogP contribution in [0, 0.1) is 0 Å². The van der Waals surface area contributed by atoms with Crippen LogP contribution in [0.15, 0.2) is 10.9 Å². The number of ether oxygens (including phenoxy) is 3. The van der Waals surface area contributed by atoms with Crippen LogP contribution >= 0.6 is 0 Å². The molecule has 1 aromatic carbocycles. The molecule has 0 atom stereocenters. The summed E-state index contributed by atoms with van der Waals surface area (Å²) in [6.07, 6.45) is 0. The van der Waals surface area contributed by atoms with Crippen molar-refractivity contribution >= 4 is 16.9 Å². The molecule has 0 saturated heterocycles. The number of fused-ring (bicyclic) bond motifs is 1. The molecule has 0 bridgehead atoms. The van der Waals surface area contributed by atoms with Crippen molar-refractivity contribution in [3.63, 3.8) is 0 Å². The number of anilines is 1. The highest BCUT2D eigenvalue weighted by molar-refractivity contribution is 5.89. The second-order valence-corrected chi connectivity index (χ2v) is 3.49. The first-order valence-corrected chi connectivity index (χ1v) is 5.10. The number of H-pyrrole nitrogens is 1. The van der Waals surface area contributed by atoms with Gasteiger partial charge in [0.15, 0.2) is 11.5 Å². The zero-order chi connectivity index (χ0) is 13.3. The Bertz CT molecular complexity index is 651. The molecule has 2 aromatic rings. The van der Waals surface area contributed by atoms with Crippen molar-refractivity contribution in [2.24, 2.45) is 0 Å². The van der Waals surface area contributed by atoms with Crippen LogP contribution in [0.4, 0.5) is 5.95 Å². The number of nitrogens with one attached hydrogen (secondary N) is 1. The second-order valence-electron chi connectivity index (χ2n) is 3.49. The Morgan fingerprint density at radius 3 is 2.39 bits per heavy atom. The molecule has 0 unspecified atom stereocenters. The van der Waals surface area contributed by atoms with Gasteiger partial charge in [-0.1, -0.05) is 0 Å². The Kier molecular flexibility index (Phi) is 2.97. The minimum absolute atomic E-state index is 0.0121. The van der Waals surface area contributed by atoms with E-state index in [9.17, 15) is 4.79 Å². The minimum atomic E-state index is -0.364. The van der Waals surface area contributed by atoms with Gasteiger partial charge in [-0.2, -0.15) is 0 Å². The molecule has 0 aliphatic carbocycles. The van der Waals surface area contributed by atoms with Crippen molar-refractivity contribution in [2.75, 3.05) is 27.1 Å². The number of hydrogen-bond acceptors (Lipinski definition) is 6. The fraction of sp³-hybridized carbons (Fsp3) is 0.273. The zero-order valence-corrected chi connectivity index (χ0v) is 10.2. The predicted octanol–water partition coefficient (Wildman–Crippen LogP) is 0.531. The van der Waals surface area contributed by atoms with E-state index in [1.165, 1.54) is 27.4 Å². The predicted molar refractivity (Wildman–Crippen MR) is 66.4 cm³/mol. The van der Waals surface area contributed by atoms with E-state index in [0.717, 1.165) is 0 Å². The van der Waals surface area contributed by atoms with Gasteiger partial charge in [-0.15, -0.1) is 0 Å². The highest BCUT2D eigenvalue weighted by Gasteiger charge is 2.19. The third-order valence-corrected chi connectivity index (χ3v) is 2.52. The van der Waals surface area contributed by atoms with Crippen molar-refractivity contribution < 1.29 is 14.2 Å². The summed E-state index contributed by atoms with van der Waals surface area (Å²) in [5.41, 5.74) is 5.48. The first kappa shape index (κ1) is 12.0. The van der Waals surface area contributed by atoms with Crippen molar-refractivity contribution in [2.45, 2.75) is 0 Å². The maximum atomic E-state index is 11.8. The number of nitrogens with two attached hydrogens (primary N) is 1. The van der Waals surface area contributed by atoms with Gasteiger partial charge in [0, 0.05) is 0 Å².